The van der Waals surface area contributed by atoms with Crippen LogP contribution in [0.4, 0.5) is 5.00 Å². The van der Waals surface area contributed by atoms with E-state index in [-0.39, 0.29) is 5.69 Å². The topological polar surface area (TPSA) is 78.9 Å². The van der Waals surface area contributed by atoms with Crippen LogP contribution < -0.4 is 5.32 Å². The van der Waals surface area contributed by atoms with Gasteiger partial charge in [-0.3, -0.25) is 4.79 Å². The molecular formula is C18H14ClN3O2S. The van der Waals surface area contributed by atoms with Crippen molar-refractivity contribution in [2.45, 2.75) is 20.3 Å². The molecule has 2 heterocycles. The average Bonchev–Trinajstić information content (AvgIpc) is 3.19. The molecule has 0 unspecified atom stereocenters. The zero-order valence-corrected chi connectivity index (χ0v) is 15.2. The molecule has 3 aromatic rings. The number of anilines is 1. The Bertz CT molecular complexity index is 985. The SMILES string of the molecule is CCc1c(C)sc(NC(=O)c2cc(-c3cccc(Cl)c3)on2)c1C#N. The van der Waals surface area contributed by atoms with Gasteiger partial charge in [-0.05, 0) is 31.0 Å². The summed E-state index contributed by atoms with van der Waals surface area (Å²) in [6.07, 6.45) is 0.740. The highest BCUT2D eigenvalue weighted by Crippen LogP contribution is 2.33. The lowest BCUT2D eigenvalue weighted by Gasteiger charge is -2.00. The summed E-state index contributed by atoms with van der Waals surface area (Å²) in [5, 5.41) is 17.0. The van der Waals surface area contributed by atoms with Crippen molar-refractivity contribution in [1.82, 2.24) is 5.16 Å². The summed E-state index contributed by atoms with van der Waals surface area (Å²) in [4.78, 5) is 13.5. The summed E-state index contributed by atoms with van der Waals surface area (Å²) < 4.78 is 5.24. The van der Waals surface area contributed by atoms with E-state index in [1.165, 1.54) is 11.3 Å². The molecule has 1 aromatic carbocycles. The third kappa shape index (κ3) is 3.43. The monoisotopic (exact) mass is 371 g/mol. The number of carbonyl (C=O) groups excluding carboxylic acids is 1. The third-order valence-electron chi connectivity index (χ3n) is 3.75. The van der Waals surface area contributed by atoms with Crippen molar-refractivity contribution in [3.8, 4) is 17.4 Å². The lowest BCUT2D eigenvalue weighted by atomic mass is 10.1. The molecular weight excluding hydrogens is 358 g/mol. The summed E-state index contributed by atoms with van der Waals surface area (Å²) in [6.45, 7) is 3.92. The Kier molecular flexibility index (Phi) is 4.88. The minimum absolute atomic E-state index is 0.142. The number of rotatable bonds is 4. The number of halogens is 1. The maximum absolute atomic E-state index is 12.4. The first-order valence-corrected chi connectivity index (χ1v) is 8.79. The van der Waals surface area contributed by atoms with Gasteiger partial charge in [0.05, 0.1) is 5.56 Å². The van der Waals surface area contributed by atoms with Crippen LogP contribution in [0.2, 0.25) is 5.02 Å². The van der Waals surface area contributed by atoms with Crippen LogP contribution in [0.3, 0.4) is 0 Å². The van der Waals surface area contributed by atoms with Crippen molar-refractivity contribution in [2.75, 3.05) is 5.32 Å². The second-order valence-electron chi connectivity index (χ2n) is 5.35. The number of nitriles is 1. The summed E-state index contributed by atoms with van der Waals surface area (Å²) in [6, 6.07) is 10.8. The van der Waals surface area contributed by atoms with E-state index in [0.29, 0.717) is 21.3 Å². The van der Waals surface area contributed by atoms with Crippen LogP contribution in [0.5, 0.6) is 0 Å². The molecule has 0 fully saturated rings. The zero-order valence-electron chi connectivity index (χ0n) is 13.6. The molecule has 2 aromatic heterocycles. The van der Waals surface area contributed by atoms with Gasteiger partial charge in [-0.2, -0.15) is 5.26 Å². The first-order valence-electron chi connectivity index (χ1n) is 7.59. The van der Waals surface area contributed by atoms with Gasteiger partial charge in [0.25, 0.3) is 5.91 Å². The van der Waals surface area contributed by atoms with E-state index in [1.54, 1.807) is 24.3 Å². The summed E-state index contributed by atoms with van der Waals surface area (Å²) in [5.74, 6) is 0.0298. The Morgan fingerprint density at radius 2 is 2.24 bits per heavy atom. The van der Waals surface area contributed by atoms with Crippen LogP contribution in [0.15, 0.2) is 34.9 Å². The van der Waals surface area contributed by atoms with E-state index in [9.17, 15) is 10.1 Å². The van der Waals surface area contributed by atoms with Crippen molar-refractivity contribution < 1.29 is 9.32 Å². The van der Waals surface area contributed by atoms with Crippen molar-refractivity contribution in [1.29, 1.82) is 5.26 Å². The molecule has 0 bridgehead atoms. The molecule has 1 N–H and O–H groups in total. The predicted molar refractivity (Wildman–Crippen MR) is 98.1 cm³/mol. The number of nitrogens with one attached hydrogen (secondary N) is 1. The van der Waals surface area contributed by atoms with E-state index >= 15 is 0 Å². The smallest absolute Gasteiger partial charge is 0.278 e. The number of carbonyl (C=O) groups is 1. The maximum atomic E-state index is 12.4. The van der Waals surface area contributed by atoms with Gasteiger partial charge in [-0.15, -0.1) is 11.3 Å². The molecule has 126 valence electrons. The lowest BCUT2D eigenvalue weighted by Crippen LogP contribution is -2.12. The van der Waals surface area contributed by atoms with Gasteiger partial charge in [0.2, 0.25) is 0 Å². The number of amides is 1. The fourth-order valence-electron chi connectivity index (χ4n) is 2.54. The fourth-order valence-corrected chi connectivity index (χ4v) is 3.82. The average molecular weight is 372 g/mol. The van der Waals surface area contributed by atoms with Gasteiger partial charge in [0.15, 0.2) is 11.5 Å². The lowest BCUT2D eigenvalue weighted by molar-refractivity contribution is 0.101. The molecule has 0 radical (unpaired) electrons. The molecule has 0 aliphatic rings. The summed E-state index contributed by atoms with van der Waals surface area (Å²) >= 11 is 7.35. The molecule has 0 aliphatic carbocycles. The van der Waals surface area contributed by atoms with Gasteiger partial charge in [0, 0.05) is 21.5 Å². The number of thiophene rings is 1. The van der Waals surface area contributed by atoms with E-state index in [0.717, 1.165) is 22.4 Å². The van der Waals surface area contributed by atoms with E-state index in [1.807, 2.05) is 19.9 Å². The zero-order chi connectivity index (χ0) is 18.0. The van der Waals surface area contributed by atoms with E-state index < -0.39 is 5.91 Å². The first-order chi connectivity index (χ1) is 12.0. The molecule has 5 nitrogen and oxygen atoms in total. The van der Waals surface area contributed by atoms with Gasteiger partial charge in [0.1, 0.15) is 11.1 Å². The van der Waals surface area contributed by atoms with Crippen molar-refractivity contribution in [2.24, 2.45) is 0 Å². The Labute approximate surface area is 153 Å². The largest absolute Gasteiger partial charge is 0.355 e. The van der Waals surface area contributed by atoms with E-state index in [2.05, 4.69) is 16.5 Å². The molecule has 3 rings (SSSR count). The van der Waals surface area contributed by atoms with Gasteiger partial charge >= 0.3 is 0 Å². The fraction of sp³-hybridized carbons (Fsp3) is 0.167. The normalized spacial score (nSPS) is 10.5. The Balaban J connectivity index is 1.85. The van der Waals surface area contributed by atoms with Crippen molar-refractivity contribution >= 4 is 33.8 Å². The van der Waals surface area contributed by atoms with Crippen molar-refractivity contribution in [3.63, 3.8) is 0 Å². The van der Waals surface area contributed by atoms with Gasteiger partial charge in [-0.25, -0.2) is 0 Å². The standard InChI is InChI=1S/C18H14ClN3O2S/c1-3-13-10(2)25-18(14(13)9-20)21-17(23)15-8-16(24-22-15)11-5-4-6-12(19)7-11/h4-8H,3H2,1-2H3,(H,21,23). The second kappa shape index (κ2) is 7.09. The summed E-state index contributed by atoms with van der Waals surface area (Å²) in [7, 11) is 0. The minimum Gasteiger partial charge on any atom is -0.355 e. The van der Waals surface area contributed by atoms with Crippen LogP contribution in [0.25, 0.3) is 11.3 Å². The molecule has 7 heteroatoms. The molecule has 0 saturated carbocycles. The summed E-state index contributed by atoms with van der Waals surface area (Å²) in [5.41, 5.74) is 2.35. The molecule has 0 atom stereocenters. The number of aryl methyl sites for hydroxylation is 1. The Hall–Kier alpha value is -2.62. The van der Waals surface area contributed by atoms with Crippen LogP contribution in [-0.4, -0.2) is 11.1 Å². The van der Waals surface area contributed by atoms with Crippen LogP contribution in [0.1, 0.15) is 33.4 Å². The quantitative estimate of drug-likeness (QED) is 0.695. The third-order valence-corrected chi connectivity index (χ3v) is 5.05. The number of aromatic nitrogens is 1. The highest BCUT2D eigenvalue weighted by atomic mass is 35.5. The molecule has 25 heavy (non-hydrogen) atoms. The Morgan fingerprint density at radius 1 is 1.44 bits per heavy atom. The minimum atomic E-state index is -0.419. The van der Waals surface area contributed by atoms with Crippen LogP contribution >= 0.6 is 22.9 Å². The number of nitrogens with zero attached hydrogens (tertiary/aromatic N) is 2. The van der Waals surface area contributed by atoms with Crippen LogP contribution in [0, 0.1) is 18.3 Å². The first kappa shape index (κ1) is 17.2. The maximum Gasteiger partial charge on any atom is 0.278 e. The van der Waals surface area contributed by atoms with Crippen molar-refractivity contribution in [3.05, 3.63) is 57.1 Å². The predicted octanol–water partition coefficient (Wildman–Crippen LogP) is 5.05. The van der Waals surface area contributed by atoms with Gasteiger partial charge < -0.3 is 9.84 Å². The molecule has 0 aliphatic heterocycles. The number of hydrogen-bond acceptors (Lipinski definition) is 5. The second-order valence-corrected chi connectivity index (χ2v) is 7.01. The van der Waals surface area contributed by atoms with E-state index in [4.69, 9.17) is 16.1 Å². The highest BCUT2D eigenvalue weighted by Gasteiger charge is 2.19. The molecule has 0 spiro atoms. The van der Waals surface area contributed by atoms with Crippen LogP contribution in [-0.2, 0) is 6.42 Å². The molecule has 1 amide bonds. The number of benzene rings is 1. The van der Waals surface area contributed by atoms with Gasteiger partial charge in [-0.1, -0.05) is 35.8 Å². The highest BCUT2D eigenvalue weighted by molar-refractivity contribution is 7.16. The number of hydrogen-bond donors (Lipinski definition) is 1. The Morgan fingerprint density at radius 3 is 2.92 bits per heavy atom. The molecule has 0 saturated heterocycles.